The fourth-order valence-electron chi connectivity index (χ4n) is 2.14. The molecule has 5 heteroatoms. The number of amides is 1. The topological polar surface area (TPSA) is 66.8 Å². The first kappa shape index (κ1) is 10.4. The van der Waals surface area contributed by atoms with Gasteiger partial charge in [-0.15, -0.1) is 0 Å². The molecule has 2 aliphatic rings. The van der Waals surface area contributed by atoms with Crippen LogP contribution in [0.25, 0.3) is 0 Å². The molecule has 2 fully saturated rings. The summed E-state index contributed by atoms with van der Waals surface area (Å²) in [5.41, 5.74) is 0. The van der Waals surface area contributed by atoms with Crippen molar-refractivity contribution in [1.82, 2.24) is 4.90 Å². The molecule has 15 heavy (non-hydrogen) atoms. The second-order valence-electron chi connectivity index (χ2n) is 4.06. The van der Waals surface area contributed by atoms with E-state index in [1.54, 1.807) is 4.90 Å². The maximum Gasteiger partial charge on any atom is 0.332 e. The van der Waals surface area contributed by atoms with Crippen LogP contribution < -0.4 is 0 Å². The van der Waals surface area contributed by atoms with E-state index in [-0.39, 0.29) is 5.91 Å². The van der Waals surface area contributed by atoms with Crippen LogP contribution in [0.15, 0.2) is 0 Å². The van der Waals surface area contributed by atoms with Crippen LogP contribution in [0.3, 0.4) is 0 Å². The number of carboxylic acid groups (broad SMARTS) is 1. The first-order valence-corrected chi connectivity index (χ1v) is 5.35. The molecule has 1 amide bonds. The maximum absolute atomic E-state index is 11.8. The highest BCUT2D eigenvalue weighted by Crippen LogP contribution is 2.23. The predicted octanol–water partition coefficient (Wildman–Crippen LogP) is 0.241. The van der Waals surface area contributed by atoms with Gasteiger partial charge >= 0.3 is 5.97 Å². The number of likely N-dealkylation sites (tertiary alicyclic amines) is 1. The van der Waals surface area contributed by atoms with Gasteiger partial charge in [0.2, 0.25) is 0 Å². The summed E-state index contributed by atoms with van der Waals surface area (Å²) in [6.45, 7) is 1.58. The Kier molecular flexibility index (Phi) is 2.90. The standard InChI is InChI=1S/C10H15NO4/c12-9(11-5-1-2-6-11)7-3-4-8(15-7)10(13)14/h7-8H,1-6H2,(H,13,14). The van der Waals surface area contributed by atoms with Crippen LogP contribution in [0, 0.1) is 0 Å². The first-order chi connectivity index (χ1) is 7.18. The van der Waals surface area contributed by atoms with Crippen molar-refractivity contribution in [2.24, 2.45) is 0 Å². The van der Waals surface area contributed by atoms with E-state index in [4.69, 9.17) is 9.84 Å². The lowest BCUT2D eigenvalue weighted by molar-refractivity contribution is -0.154. The van der Waals surface area contributed by atoms with Crippen molar-refractivity contribution in [2.45, 2.75) is 37.9 Å². The molecule has 2 atom stereocenters. The molecule has 5 nitrogen and oxygen atoms in total. The van der Waals surface area contributed by atoms with Gasteiger partial charge in [0.1, 0.15) is 6.10 Å². The molecule has 0 aromatic carbocycles. The summed E-state index contributed by atoms with van der Waals surface area (Å²) in [6, 6.07) is 0. The summed E-state index contributed by atoms with van der Waals surface area (Å²) < 4.78 is 5.21. The Morgan fingerprint density at radius 2 is 1.73 bits per heavy atom. The van der Waals surface area contributed by atoms with Gasteiger partial charge in [0.15, 0.2) is 6.10 Å². The summed E-state index contributed by atoms with van der Waals surface area (Å²) in [6.07, 6.45) is 1.75. The van der Waals surface area contributed by atoms with Crippen molar-refractivity contribution >= 4 is 11.9 Å². The van der Waals surface area contributed by atoms with Gasteiger partial charge in [0.05, 0.1) is 0 Å². The van der Waals surface area contributed by atoms with Gasteiger partial charge in [0.25, 0.3) is 5.91 Å². The quantitative estimate of drug-likeness (QED) is 0.713. The summed E-state index contributed by atoms with van der Waals surface area (Å²) in [4.78, 5) is 24.2. The molecule has 0 aromatic heterocycles. The zero-order valence-electron chi connectivity index (χ0n) is 8.52. The van der Waals surface area contributed by atoms with Gasteiger partial charge < -0.3 is 14.7 Å². The summed E-state index contributed by atoms with van der Waals surface area (Å²) >= 11 is 0. The summed E-state index contributed by atoms with van der Waals surface area (Å²) in [7, 11) is 0. The van der Waals surface area contributed by atoms with Gasteiger partial charge in [-0.25, -0.2) is 4.79 Å². The monoisotopic (exact) mass is 213 g/mol. The number of carbonyl (C=O) groups is 2. The summed E-state index contributed by atoms with van der Waals surface area (Å²) in [5, 5.41) is 8.73. The van der Waals surface area contributed by atoms with E-state index in [1.165, 1.54) is 0 Å². The van der Waals surface area contributed by atoms with Crippen molar-refractivity contribution in [3.63, 3.8) is 0 Å². The van der Waals surface area contributed by atoms with Gasteiger partial charge in [-0.1, -0.05) is 0 Å². The number of ether oxygens (including phenoxy) is 1. The molecule has 2 saturated heterocycles. The zero-order chi connectivity index (χ0) is 10.8. The number of rotatable bonds is 2. The molecule has 2 unspecified atom stereocenters. The molecule has 0 aromatic rings. The van der Waals surface area contributed by atoms with Crippen LogP contribution in [0.1, 0.15) is 25.7 Å². The van der Waals surface area contributed by atoms with Gasteiger partial charge in [-0.2, -0.15) is 0 Å². The minimum absolute atomic E-state index is 0.0312. The molecule has 2 heterocycles. The van der Waals surface area contributed by atoms with Crippen LogP contribution in [0.2, 0.25) is 0 Å². The van der Waals surface area contributed by atoms with Crippen molar-refractivity contribution in [3.8, 4) is 0 Å². The Bertz CT molecular complexity index is 273. The van der Waals surface area contributed by atoms with Crippen LogP contribution in [-0.2, 0) is 14.3 Å². The maximum atomic E-state index is 11.8. The third-order valence-corrected chi connectivity index (χ3v) is 2.99. The highest BCUT2D eigenvalue weighted by molar-refractivity contribution is 5.82. The number of carboxylic acids is 1. The highest BCUT2D eigenvalue weighted by atomic mass is 16.5. The Hall–Kier alpha value is -1.10. The lowest BCUT2D eigenvalue weighted by Crippen LogP contribution is -2.37. The minimum atomic E-state index is -0.966. The Balaban J connectivity index is 1.89. The largest absolute Gasteiger partial charge is 0.479 e. The van der Waals surface area contributed by atoms with Crippen LogP contribution in [0.4, 0.5) is 0 Å². The molecule has 0 aliphatic carbocycles. The second kappa shape index (κ2) is 4.18. The van der Waals surface area contributed by atoms with Crippen LogP contribution in [0.5, 0.6) is 0 Å². The molecule has 0 bridgehead atoms. The predicted molar refractivity (Wildman–Crippen MR) is 51.3 cm³/mol. The molecule has 2 rings (SSSR count). The van der Waals surface area contributed by atoms with E-state index < -0.39 is 18.2 Å². The number of carbonyl (C=O) groups excluding carboxylic acids is 1. The van der Waals surface area contributed by atoms with Gasteiger partial charge in [0, 0.05) is 13.1 Å². The third kappa shape index (κ3) is 2.12. The highest BCUT2D eigenvalue weighted by Gasteiger charge is 2.37. The van der Waals surface area contributed by atoms with Crippen LogP contribution >= 0.6 is 0 Å². The lowest BCUT2D eigenvalue weighted by atomic mass is 10.2. The molecule has 0 saturated carbocycles. The average Bonchev–Trinajstić information content (AvgIpc) is 2.88. The SMILES string of the molecule is O=C(O)C1CCC(C(=O)N2CCCC2)O1. The smallest absolute Gasteiger partial charge is 0.332 e. The van der Waals surface area contributed by atoms with E-state index in [9.17, 15) is 9.59 Å². The van der Waals surface area contributed by atoms with Crippen molar-refractivity contribution in [1.29, 1.82) is 0 Å². The van der Waals surface area contributed by atoms with Gasteiger partial charge in [-0.3, -0.25) is 4.79 Å². The number of nitrogens with zero attached hydrogens (tertiary/aromatic N) is 1. The molecule has 2 aliphatic heterocycles. The molecular weight excluding hydrogens is 198 g/mol. The Morgan fingerprint density at radius 1 is 1.13 bits per heavy atom. The number of hydrogen-bond donors (Lipinski definition) is 1. The van der Waals surface area contributed by atoms with E-state index >= 15 is 0 Å². The van der Waals surface area contributed by atoms with E-state index in [1.807, 2.05) is 0 Å². The van der Waals surface area contributed by atoms with E-state index in [0.717, 1.165) is 25.9 Å². The van der Waals surface area contributed by atoms with E-state index in [0.29, 0.717) is 12.8 Å². The zero-order valence-corrected chi connectivity index (χ0v) is 8.52. The number of hydrogen-bond acceptors (Lipinski definition) is 3. The van der Waals surface area contributed by atoms with Gasteiger partial charge in [-0.05, 0) is 25.7 Å². The third-order valence-electron chi connectivity index (χ3n) is 2.99. The second-order valence-corrected chi connectivity index (χ2v) is 4.06. The van der Waals surface area contributed by atoms with Crippen molar-refractivity contribution in [2.75, 3.05) is 13.1 Å². The average molecular weight is 213 g/mol. The molecular formula is C10H15NO4. The lowest BCUT2D eigenvalue weighted by Gasteiger charge is -2.19. The molecule has 0 radical (unpaired) electrons. The Labute approximate surface area is 88.0 Å². The van der Waals surface area contributed by atoms with Crippen molar-refractivity contribution < 1.29 is 19.4 Å². The number of aliphatic carboxylic acids is 1. The molecule has 0 spiro atoms. The molecule has 84 valence electrons. The minimum Gasteiger partial charge on any atom is -0.479 e. The van der Waals surface area contributed by atoms with Crippen LogP contribution in [-0.4, -0.2) is 47.2 Å². The normalized spacial score (nSPS) is 30.8. The first-order valence-electron chi connectivity index (χ1n) is 5.35. The Morgan fingerprint density at radius 3 is 2.27 bits per heavy atom. The fourth-order valence-corrected chi connectivity index (χ4v) is 2.14. The molecule has 1 N–H and O–H groups in total. The van der Waals surface area contributed by atoms with Crippen molar-refractivity contribution in [3.05, 3.63) is 0 Å². The van der Waals surface area contributed by atoms with E-state index in [2.05, 4.69) is 0 Å². The summed E-state index contributed by atoms with van der Waals surface area (Å²) in [5.74, 6) is -0.997. The fraction of sp³-hybridized carbons (Fsp3) is 0.800.